The van der Waals surface area contributed by atoms with E-state index in [1.165, 1.54) is 44.1 Å². The van der Waals surface area contributed by atoms with Gasteiger partial charge in [-0.25, -0.2) is 0 Å². The first-order valence-electron chi connectivity index (χ1n) is 15.4. The Bertz CT molecular complexity index is 1610. The second-order valence-corrected chi connectivity index (χ2v) is 12.6. The van der Waals surface area contributed by atoms with Crippen LogP contribution in [0.3, 0.4) is 0 Å². The van der Waals surface area contributed by atoms with E-state index < -0.39 is 81.1 Å². The summed E-state index contributed by atoms with van der Waals surface area (Å²) in [4.78, 5) is 39.9. The molecule has 0 heterocycles. The Labute approximate surface area is 272 Å². The number of nitrogens with two attached hydrogens (primary N) is 1. The zero-order valence-electron chi connectivity index (χ0n) is 26.8. The van der Waals surface area contributed by atoms with E-state index in [-0.39, 0.29) is 23.3 Å². The molecule has 3 aliphatic rings. The molecule has 6 atom stereocenters. The van der Waals surface area contributed by atoms with Crippen molar-refractivity contribution in [1.29, 1.82) is 0 Å². The number of likely N-dealkylation sites (N-methyl/N-ethyl adjacent to an activating group) is 1. The summed E-state index contributed by atoms with van der Waals surface area (Å²) in [5.74, 6) is -7.66. The van der Waals surface area contributed by atoms with Crippen molar-refractivity contribution in [2.24, 2.45) is 17.6 Å². The number of phenols is 2. The number of aliphatic hydroxyl groups is 5. The molecule has 2 aromatic carbocycles. The van der Waals surface area contributed by atoms with Crippen LogP contribution in [0.1, 0.15) is 60.7 Å². The number of hydrogen-bond donors (Lipinski definition) is 9. The van der Waals surface area contributed by atoms with Crippen molar-refractivity contribution in [3.8, 4) is 11.5 Å². The number of hydrogen-bond acceptors (Lipinski definition) is 12. The summed E-state index contributed by atoms with van der Waals surface area (Å²) in [7, 11) is 3.06. The van der Waals surface area contributed by atoms with Crippen LogP contribution in [0.15, 0.2) is 65.1 Å². The fraction of sp³-hybridized carbons (Fsp3) is 0.441. The summed E-state index contributed by atoms with van der Waals surface area (Å²) in [6.45, 7) is 5.04. The van der Waals surface area contributed by atoms with Crippen LogP contribution in [0.25, 0.3) is 0 Å². The highest BCUT2D eigenvalue weighted by molar-refractivity contribution is 6.24. The van der Waals surface area contributed by atoms with E-state index in [1.807, 2.05) is 0 Å². The van der Waals surface area contributed by atoms with Gasteiger partial charge in [-0.05, 0) is 69.7 Å². The van der Waals surface area contributed by atoms with E-state index in [9.17, 15) is 45.0 Å². The molecule has 1 amide bonds. The Morgan fingerprint density at radius 2 is 1.70 bits per heavy atom. The van der Waals surface area contributed by atoms with Crippen molar-refractivity contribution in [3.05, 3.63) is 81.8 Å². The van der Waals surface area contributed by atoms with E-state index in [0.29, 0.717) is 6.54 Å². The topological polar surface area (TPSA) is 234 Å². The highest BCUT2D eigenvalue weighted by Gasteiger charge is 2.65. The SMILES string of the molecule is CCCCNCC(O)c1ccc(O)cc1.CN(C)[C@@H]1C(O)=C(C(N)=O)C(=O)[C@@]2(O)C(O)=C3C(=O)c4c(O)cccc4[C@@](C)(O)[C@H]3C[C@@H]12. The first kappa shape index (κ1) is 35.6. The first-order valence-corrected chi connectivity index (χ1v) is 15.4. The number of phenolic OH excluding ortho intramolecular Hbond substituents is 2. The van der Waals surface area contributed by atoms with Crippen LogP contribution in [0, 0.1) is 11.8 Å². The molecule has 0 fully saturated rings. The standard InChI is InChI=1S/C22H24N2O8.C12H19NO2/c1-21(31)8-5-4-6-11(25)12(8)16(26)13-9(21)7-10-15(24(2)3)17(27)14(20(23)30)19(29)22(10,32)18(13)28;1-2-3-8-13-9-12(15)10-4-6-11(14)7-5-10/h4-6,9-10,15,25,27-28,31-32H,7H2,1-3H3,(H2,23,30);4-7,12-15H,2-3,8-9H2,1H3/t9-,10-,15-,21+,22-;/m0./s1. The van der Waals surface area contributed by atoms with E-state index in [4.69, 9.17) is 10.8 Å². The van der Waals surface area contributed by atoms with Gasteiger partial charge >= 0.3 is 0 Å². The predicted octanol–water partition coefficient (Wildman–Crippen LogP) is 1.60. The summed E-state index contributed by atoms with van der Waals surface area (Å²) >= 11 is 0. The molecule has 0 radical (unpaired) electrons. The lowest BCUT2D eigenvalue weighted by molar-refractivity contribution is -0.151. The number of benzene rings is 2. The molecule has 254 valence electrons. The third kappa shape index (κ3) is 6.12. The maximum Gasteiger partial charge on any atom is 0.255 e. The lowest BCUT2D eigenvalue weighted by atomic mass is 9.55. The second kappa shape index (κ2) is 13.5. The molecule has 13 heteroatoms. The summed E-state index contributed by atoms with van der Waals surface area (Å²) in [5, 5.41) is 77.1. The Hall–Kier alpha value is -4.27. The van der Waals surface area contributed by atoms with E-state index in [1.54, 1.807) is 24.3 Å². The Kier molecular flexibility index (Phi) is 10.2. The largest absolute Gasteiger partial charge is 0.510 e. The molecule has 3 aliphatic carbocycles. The van der Waals surface area contributed by atoms with Gasteiger partial charge in [-0.1, -0.05) is 37.6 Å². The number of aromatic hydroxyl groups is 2. The zero-order chi connectivity index (χ0) is 35.0. The van der Waals surface area contributed by atoms with Gasteiger partial charge in [0.15, 0.2) is 11.4 Å². The van der Waals surface area contributed by atoms with Crippen LogP contribution in [-0.4, -0.2) is 96.9 Å². The Morgan fingerprint density at radius 3 is 2.28 bits per heavy atom. The van der Waals surface area contributed by atoms with Crippen molar-refractivity contribution >= 4 is 17.5 Å². The number of amides is 1. The summed E-state index contributed by atoms with van der Waals surface area (Å²) in [6.07, 6.45) is 1.58. The average molecular weight is 654 g/mol. The number of carbonyl (C=O) groups is 3. The molecule has 0 aromatic heterocycles. The molecule has 0 bridgehead atoms. The van der Waals surface area contributed by atoms with Gasteiger partial charge in [-0.15, -0.1) is 0 Å². The molecule has 0 saturated carbocycles. The van der Waals surface area contributed by atoms with Crippen molar-refractivity contribution in [2.75, 3.05) is 27.2 Å². The number of ketones is 2. The predicted molar refractivity (Wildman–Crippen MR) is 170 cm³/mol. The third-order valence-electron chi connectivity index (χ3n) is 9.34. The molecule has 0 saturated heterocycles. The third-order valence-corrected chi connectivity index (χ3v) is 9.34. The number of carbonyl (C=O) groups excluding carboxylic acids is 3. The number of aliphatic hydroxyl groups excluding tert-OH is 3. The number of rotatable bonds is 8. The van der Waals surface area contributed by atoms with Crippen LogP contribution in [-0.2, 0) is 15.2 Å². The van der Waals surface area contributed by atoms with Crippen LogP contribution in [0.5, 0.6) is 11.5 Å². The van der Waals surface area contributed by atoms with Crippen LogP contribution in [0.2, 0.25) is 0 Å². The van der Waals surface area contributed by atoms with Crippen molar-refractivity contribution < 1.29 is 50.1 Å². The van der Waals surface area contributed by atoms with E-state index >= 15 is 0 Å². The quantitative estimate of drug-likeness (QED) is 0.146. The van der Waals surface area contributed by atoms with Gasteiger partial charge in [0.05, 0.1) is 23.3 Å². The molecule has 47 heavy (non-hydrogen) atoms. The van der Waals surface area contributed by atoms with Gasteiger partial charge in [0.1, 0.15) is 28.6 Å². The van der Waals surface area contributed by atoms with Gasteiger partial charge in [-0.3, -0.25) is 19.3 Å². The Balaban J connectivity index is 0.000000280. The van der Waals surface area contributed by atoms with E-state index in [2.05, 4.69) is 12.2 Å². The molecule has 5 rings (SSSR count). The van der Waals surface area contributed by atoms with Crippen molar-refractivity contribution in [3.63, 3.8) is 0 Å². The molecule has 1 unspecified atom stereocenters. The fourth-order valence-corrected chi connectivity index (χ4v) is 6.86. The monoisotopic (exact) mass is 653 g/mol. The number of nitrogens with one attached hydrogen (secondary N) is 1. The van der Waals surface area contributed by atoms with Crippen molar-refractivity contribution in [1.82, 2.24) is 10.2 Å². The minimum Gasteiger partial charge on any atom is -0.510 e. The average Bonchev–Trinajstić information content (AvgIpc) is 3.00. The summed E-state index contributed by atoms with van der Waals surface area (Å²) < 4.78 is 0. The van der Waals surface area contributed by atoms with E-state index in [0.717, 1.165) is 24.9 Å². The Morgan fingerprint density at radius 1 is 1.06 bits per heavy atom. The van der Waals surface area contributed by atoms with Gasteiger partial charge in [-0.2, -0.15) is 0 Å². The molecular weight excluding hydrogens is 610 g/mol. The maximum atomic E-state index is 13.3. The minimum atomic E-state index is -2.75. The molecular formula is C34H43N3O10. The number of nitrogens with zero attached hydrogens (tertiary/aromatic N) is 1. The van der Waals surface area contributed by atoms with Crippen LogP contribution < -0.4 is 11.1 Å². The van der Waals surface area contributed by atoms with Crippen LogP contribution >= 0.6 is 0 Å². The van der Waals surface area contributed by atoms with Gasteiger partial charge < -0.3 is 46.8 Å². The molecule has 13 nitrogen and oxygen atoms in total. The summed E-state index contributed by atoms with van der Waals surface area (Å²) in [6, 6.07) is 9.70. The number of primary amides is 1. The molecule has 2 aromatic rings. The van der Waals surface area contributed by atoms with Gasteiger partial charge in [0, 0.05) is 24.0 Å². The van der Waals surface area contributed by atoms with Crippen LogP contribution in [0.4, 0.5) is 0 Å². The first-order chi connectivity index (χ1) is 22.0. The molecule has 0 aliphatic heterocycles. The highest BCUT2D eigenvalue weighted by atomic mass is 16.4. The number of unbranched alkanes of at least 4 members (excludes halogenated alkanes) is 1. The van der Waals surface area contributed by atoms with Gasteiger partial charge in [0.25, 0.3) is 5.91 Å². The fourth-order valence-electron chi connectivity index (χ4n) is 6.86. The van der Waals surface area contributed by atoms with Gasteiger partial charge in [0.2, 0.25) is 5.78 Å². The second-order valence-electron chi connectivity index (χ2n) is 12.6. The molecule has 0 spiro atoms. The molecule has 10 N–H and O–H groups in total. The van der Waals surface area contributed by atoms with Crippen molar-refractivity contribution in [2.45, 2.75) is 56.5 Å². The zero-order valence-corrected chi connectivity index (χ0v) is 26.8. The number of fused-ring (bicyclic) bond motifs is 3. The lowest BCUT2D eigenvalue weighted by Gasteiger charge is -2.52. The summed E-state index contributed by atoms with van der Waals surface area (Å²) in [5.41, 5.74) is 0.177. The smallest absolute Gasteiger partial charge is 0.255 e. The number of Topliss-reactive ketones (excluding diaryl/α,β-unsaturated/α-hetero) is 2. The maximum absolute atomic E-state index is 13.3. The minimum absolute atomic E-state index is 0.135. The lowest BCUT2D eigenvalue weighted by Crippen LogP contribution is -2.65. The highest BCUT2D eigenvalue weighted by Crippen LogP contribution is 2.56. The normalized spacial score (nSPS) is 27.4.